The van der Waals surface area contributed by atoms with Gasteiger partial charge < -0.3 is 5.32 Å². The van der Waals surface area contributed by atoms with Crippen LogP contribution in [-0.2, 0) is 4.79 Å². The highest BCUT2D eigenvalue weighted by Gasteiger charge is 2.19. The maximum Gasteiger partial charge on any atom is 0.244 e. The fourth-order valence-corrected chi connectivity index (χ4v) is 8.05. The maximum atomic E-state index is 12.4. The first-order valence-electron chi connectivity index (χ1n) is 23.9. The van der Waals surface area contributed by atoms with Crippen LogP contribution in [0.2, 0.25) is 0 Å². The normalized spacial score (nSPS) is 13.0. The lowest BCUT2D eigenvalue weighted by molar-refractivity contribution is -0.517. The van der Waals surface area contributed by atoms with Crippen molar-refractivity contribution in [2.45, 2.75) is 264 Å². The van der Waals surface area contributed by atoms with Gasteiger partial charge in [0.15, 0.2) is 0 Å². The van der Waals surface area contributed by atoms with E-state index in [0.29, 0.717) is 6.42 Å². The molecule has 0 radical (unpaired) electrons. The summed E-state index contributed by atoms with van der Waals surface area (Å²) in [5.74, 6) is 1.67. The van der Waals surface area contributed by atoms with Gasteiger partial charge in [0, 0.05) is 12.8 Å². The van der Waals surface area contributed by atoms with Crippen molar-refractivity contribution < 1.29 is 9.37 Å². The molecule has 4 heteroatoms. The van der Waals surface area contributed by atoms with E-state index >= 15 is 0 Å². The van der Waals surface area contributed by atoms with Gasteiger partial charge in [-0.05, 0) is 12.8 Å². The molecule has 1 amide bonds. The van der Waals surface area contributed by atoms with Crippen LogP contribution in [0, 0.1) is 0 Å². The minimum atomic E-state index is 0.249. The summed E-state index contributed by atoms with van der Waals surface area (Å²) in [4.78, 5) is 12.4. The monoisotopic (exact) mass is 717 g/mol. The molecule has 0 aromatic rings. The van der Waals surface area contributed by atoms with Crippen molar-refractivity contribution in [1.82, 2.24) is 10.6 Å². The summed E-state index contributed by atoms with van der Waals surface area (Å²) in [6, 6.07) is 0. The molecule has 1 rings (SSSR count). The lowest BCUT2D eigenvalue weighted by Gasteiger charge is -2.07. The Hall–Kier alpha value is -1.06. The average molecular weight is 717 g/mol. The largest absolute Gasteiger partial charge is 0.352 e. The molecule has 2 N–H and O–H groups in total. The van der Waals surface area contributed by atoms with Crippen LogP contribution in [0.25, 0.3) is 0 Å². The van der Waals surface area contributed by atoms with Crippen LogP contribution in [-0.4, -0.2) is 42.5 Å². The highest BCUT2D eigenvalue weighted by atomic mass is 16.1. The summed E-state index contributed by atoms with van der Waals surface area (Å²) in [5, 5.41) is 6.82. The van der Waals surface area contributed by atoms with Gasteiger partial charge in [0.25, 0.3) is 0 Å². The fraction of sp³-hybridized carbons (Fsp3) is 0.957. The second kappa shape index (κ2) is 40.1. The van der Waals surface area contributed by atoms with Crippen LogP contribution in [0.5, 0.6) is 0 Å². The molecule has 4 nitrogen and oxygen atoms in total. The SMILES string of the molecule is CCCCCCCCCCCCCCCCCCCCCC(=O)NCC[N+]1=C(CCCCCCCCCCCCCCCCCCCC)NCC1. The van der Waals surface area contributed by atoms with E-state index in [2.05, 4.69) is 29.1 Å². The van der Waals surface area contributed by atoms with E-state index < -0.39 is 0 Å². The molecule has 0 saturated carbocycles. The highest BCUT2D eigenvalue weighted by Crippen LogP contribution is 2.16. The van der Waals surface area contributed by atoms with Crippen LogP contribution in [0.1, 0.15) is 264 Å². The molecular weight excluding hydrogens is 623 g/mol. The Labute approximate surface area is 321 Å². The van der Waals surface area contributed by atoms with Crippen molar-refractivity contribution in [3.63, 3.8) is 0 Å². The van der Waals surface area contributed by atoms with Gasteiger partial charge in [-0.2, -0.15) is 0 Å². The third kappa shape index (κ3) is 34.5. The Morgan fingerprint density at radius 3 is 1.14 bits per heavy atom. The molecule has 0 aromatic carbocycles. The lowest BCUT2D eigenvalue weighted by atomic mass is 10.0. The van der Waals surface area contributed by atoms with E-state index in [4.69, 9.17) is 0 Å². The van der Waals surface area contributed by atoms with Gasteiger partial charge in [0.05, 0.1) is 6.54 Å². The predicted octanol–water partition coefficient (Wildman–Crippen LogP) is 14.4. The lowest BCUT2D eigenvalue weighted by Crippen LogP contribution is -2.32. The van der Waals surface area contributed by atoms with E-state index in [0.717, 1.165) is 32.6 Å². The number of nitrogens with zero attached hydrogens (tertiary/aromatic N) is 1. The topological polar surface area (TPSA) is 44.1 Å². The number of amides is 1. The smallest absolute Gasteiger partial charge is 0.244 e. The van der Waals surface area contributed by atoms with Gasteiger partial charge in [0.2, 0.25) is 11.7 Å². The fourth-order valence-electron chi connectivity index (χ4n) is 8.05. The summed E-state index contributed by atoms with van der Waals surface area (Å²) in [6.07, 6.45) is 54.0. The summed E-state index contributed by atoms with van der Waals surface area (Å²) >= 11 is 0. The first-order chi connectivity index (χ1) is 25.3. The Bertz CT molecular complexity index is 750. The van der Waals surface area contributed by atoms with Gasteiger partial charge in [-0.25, -0.2) is 0 Å². The van der Waals surface area contributed by atoms with E-state index in [-0.39, 0.29) is 5.91 Å². The summed E-state index contributed by atoms with van der Waals surface area (Å²) in [7, 11) is 0. The molecule has 0 unspecified atom stereocenters. The summed E-state index contributed by atoms with van der Waals surface area (Å²) < 4.78 is 2.48. The molecule has 51 heavy (non-hydrogen) atoms. The average Bonchev–Trinajstić information content (AvgIpc) is 3.59. The minimum absolute atomic E-state index is 0.249. The molecular formula is C47H94N3O+. The Morgan fingerprint density at radius 1 is 0.471 bits per heavy atom. The molecule has 0 bridgehead atoms. The number of carbonyl (C=O) groups is 1. The molecule has 0 spiro atoms. The van der Waals surface area contributed by atoms with Crippen molar-refractivity contribution in [2.24, 2.45) is 0 Å². The first kappa shape index (κ1) is 48.0. The van der Waals surface area contributed by atoms with Crippen LogP contribution >= 0.6 is 0 Å². The summed E-state index contributed by atoms with van der Waals surface area (Å²) in [5.41, 5.74) is 0. The number of carbonyl (C=O) groups excluding carboxylic acids is 1. The molecule has 302 valence electrons. The van der Waals surface area contributed by atoms with Gasteiger partial charge in [-0.3, -0.25) is 14.7 Å². The van der Waals surface area contributed by atoms with Gasteiger partial charge >= 0.3 is 0 Å². The molecule has 1 aliphatic rings. The number of unbranched alkanes of at least 4 members (excludes halogenated alkanes) is 35. The van der Waals surface area contributed by atoms with Crippen LogP contribution in [0.3, 0.4) is 0 Å². The van der Waals surface area contributed by atoms with E-state index in [9.17, 15) is 4.79 Å². The van der Waals surface area contributed by atoms with Crippen LogP contribution in [0.15, 0.2) is 0 Å². The summed E-state index contributed by atoms with van der Waals surface area (Å²) in [6.45, 7) is 8.48. The molecule has 0 aromatic heterocycles. The molecule has 1 aliphatic heterocycles. The molecule has 0 saturated heterocycles. The zero-order valence-corrected chi connectivity index (χ0v) is 35.3. The van der Waals surface area contributed by atoms with Crippen LogP contribution in [0.4, 0.5) is 0 Å². The standard InChI is InChI=1S/C47H93N3O/c1-3-5-7-9-11-13-15-17-19-21-23-25-27-29-31-33-35-37-39-41-47(51)49-43-45-50-44-42-48-46(50)40-38-36-34-32-30-28-26-24-22-20-18-16-14-12-10-8-6-4-2/h3-45H2,1-2H3,(H,49,51)/p+1. The van der Waals surface area contributed by atoms with Gasteiger partial charge in [0.1, 0.15) is 19.6 Å². The zero-order valence-electron chi connectivity index (χ0n) is 35.3. The third-order valence-corrected chi connectivity index (χ3v) is 11.6. The number of hydrogen-bond acceptors (Lipinski definition) is 2. The molecule has 0 aliphatic carbocycles. The second-order valence-corrected chi connectivity index (χ2v) is 16.6. The van der Waals surface area contributed by atoms with Crippen molar-refractivity contribution in [2.75, 3.05) is 26.2 Å². The Balaban J connectivity index is 1.83. The van der Waals surface area contributed by atoms with Gasteiger partial charge in [-0.15, -0.1) is 0 Å². The number of rotatable bonds is 42. The minimum Gasteiger partial charge on any atom is -0.352 e. The first-order valence-corrected chi connectivity index (χ1v) is 23.9. The van der Waals surface area contributed by atoms with Gasteiger partial charge in [-0.1, -0.05) is 239 Å². The van der Waals surface area contributed by atoms with Crippen LogP contribution < -0.4 is 10.6 Å². The quantitative estimate of drug-likeness (QED) is 0.0488. The number of hydrogen-bond donors (Lipinski definition) is 2. The molecule has 0 atom stereocenters. The number of amidine groups is 1. The van der Waals surface area contributed by atoms with E-state index in [1.165, 1.54) is 243 Å². The van der Waals surface area contributed by atoms with Crippen molar-refractivity contribution >= 4 is 11.7 Å². The molecule has 0 fully saturated rings. The zero-order chi connectivity index (χ0) is 36.6. The second-order valence-electron chi connectivity index (χ2n) is 16.6. The van der Waals surface area contributed by atoms with E-state index in [1.54, 1.807) is 0 Å². The van der Waals surface area contributed by atoms with Crippen molar-refractivity contribution in [3.8, 4) is 0 Å². The number of nitrogens with one attached hydrogen (secondary N) is 2. The van der Waals surface area contributed by atoms with Crippen molar-refractivity contribution in [3.05, 3.63) is 0 Å². The van der Waals surface area contributed by atoms with Crippen molar-refractivity contribution in [1.29, 1.82) is 0 Å². The Kier molecular flexibility index (Phi) is 37.7. The molecule has 1 heterocycles. The highest BCUT2D eigenvalue weighted by molar-refractivity contribution is 5.78. The maximum absolute atomic E-state index is 12.4. The predicted molar refractivity (Wildman–Crippen MR) is 227 cm³/mol. The Morgan fingerprint density at radius 2 is 0.784 bits per heavy atom. The van der Waals surface area contributed by atoms with E-state index in [1.807, 2.05) is 0 Å². The third-order valence-electron chi connectivity index (χ3n) is 11.6.